The summed E-state index contributed by atoms with van der Waals surface area (Å²) in [5, 5.41) is 13.5. The normalized spacial score (nSPS) is 27.7. The fourth-order valence-electron chi connectivity index (χ4n) is 7.44. The van der Waals surface area contributed by atoms with Gasteiger partial charge in [-0.3, -0.25) is 4.90 Å². The maximum atomic E-state index is 13.0. The van der Waals surface area contributed by atoms with Crippen LogP contribution in [0.4, 0.5) is 19.1 Å². The molecule has 0 amide bonds. The van der Waals surface area contributed by atoms with E-state index in [2.05, 4.69) is 42.9 Å². The first kappa shape index (κ1) is 31.2. The lowest BCUT2D eigenvalue weighted by molar-refractivity contribution is -0.136. The van der Waals surface area contributed by atoms with E-state index >= 15 is 0 Å². The number of halogens is 3. The van der Waals surface area contributed by atoms with Crippen molar-refractivity contribution in [2.75, 3.05) is 18.5 Å². The number of fused-ring (bicyclic) bond motifs is 1. The molecule has 0 aromatic carbocycles. The highest BCUT2D eigenvalue weighted by atomic mass is 19.4. The zero-order valence-electron chi connectivity index (χ0n) is 25.5. The van der Waals surface area contributed by atoms with Crippen LogP contribution in [0.5, 0.6) is 5.88 Å². The van der Waals surface area contributed by atoms with E-state index in [-0.39, 0.29) is 41.3 Å². The van der Waals surface area contributed by atoms with Crippen molar-refractivity contribution in [3.05, 3.63) is 18.0 Å². The van der Waals surface area contributed by atoms with E-state index in [1.54, 1.807) is 12.4 Å². The van der Waals surface area contributed by atoms with Gasteiger partial charge in [-0.1, -0.05) is 0 Å². The van der Waals surface area contributed by atoms with Crippen LogP contribution in [0.3, 0.4) is 0 Å². The maximum Gasteiger partial charge on any atom is 0.391 e. The summed E-state index contributed by atoms with van der Waals surface area (Å²) in [6.07, 6.45) is 4.81. The third-order valence-corrected chi connectivity index (χ3v) is 9.27. The molecule has 42 heavy (non-hydrogen) atoms. The summed E-state index contributed by atoms with van der Waals surface area (Å²) in [4.78, 5) is 16.4. The van der Waals surface area contributed by atoms with Crippen molar-refractivity contribution in [3.63, 3.8) is 0 Å². The number of anilines is 1. The average Bonchev–Trinajstić information content (AvgIpc) is 3.39. The molecule has 2 aliphatic heterocycles. The summed E-state index contributed by atoms with van der Waals surface area (Å²) in [6, 6.07) is -0.877. The molecule has 0 spiro atoms. The molecule has 11 heteroatoms. The quantitative estimate of drug-likeness (QED) is 0.365. The maximum absolute atomic E-state index is 13.0. The van der Waals surface area contributed by atoms with Gasteiger partial charge in [0.2, 0.25) is 11.8 Å². The fourth-order valence-corrected chi connectivity index (χ4v) is 7.44. The highest BCUT2D eigenvalue weighted by Gasteiger charge is 2.47. The van der Waals surface area contributed by atoms with E-state index in [0.717, 1.165) is 57.2 Å². The van der Waals surface area contributed by atoms with Gasteiger partial charge in [-0.25, -0.2) is 15.0 Å². The van der Waals surface area contributed by atoms with Crippen molar-refractivity contribution in [2.45, 2.75) is 140 Å². The Morgan fingerprint density at radius 3 is 2.38 bits per heavy atom. The van der Waals surface area contributed by atoms with Gasteiger partial charge >= 0.3 is 6.18 Å². The summed E-state index contributed by atoms with van der Waals surface area (Å²) in [6.45, 7) is 12.2. The van der Waals surface area contributed by atoms with Crippen LogP contribution in [0, 0.1) is 0 Å². The first-order valence-electron chi connectivity index (χ1n) is 15.4. The molecule has 0 unspecified atom stereocenters. The molecule has 5 rings (SSSR count). The second-order valence-electron chi connectivity index (χ2n) is 13.9. The highest BCUT2D eigenvalue weighted by Crippen LogP contribution is 2.42. The monoisotopic (exact) mass is 593 g/mol. The number of rotatable bonds is 8. The second-order valence-corrected chi connectivity index (χ2v) is 13.9. The van der Waals surface area contributed by atoms with Crippen molar-refractivity contribution >= 4 is 16.9 Å². The van der Waals surface area contributed by atoms with Crippen LogP contribution < -0.4 is 10.1 Å². The number of aliphatic hydroxyl groups is 1. The second kappa shape index (κ2) is 12.0. The number of nitrogens with one attached hydrogen (secondary N) is 1. The third kappa shape index (κ3) is 7.27. The topological polar surface area (TPSA) is 92.6 Å². The Bertz CT molecular complexity index is 1210. The molecule has 2 N–H and O–H groups in total. The van der Waals surface area contributed by atoms with Gasteiger partial charge in [0.15, 0.2) is 0 Å². The number of likely N-dealkylation sites (tertiary alicyclic amines) is 1. The van der Waals surface area contributed by atoms with Gasteiger partial charge in [0.25, 0.3) is 0 Å². The number of piperidine rings is 1. The van der Waals surface area contributed by atoms with Crippen LogP contribution in [0.15, 0.2) is 12.4 Å². The fraction of sp³-hybridized carbons (Fsp3) is 0.774. The molecule has 2 aromatic rings. The number of pyridine rings is 1. The molecule has 3 aliphatic rings. The third-order valence-electron chi connectivity index (χ3n) is 9.27. The molecule has 1 saturated carbocycles. The van der Waals surface area contributed by atoms with Gasteiger partial charge in [-0.15, -0.1) is 0 Å². The molecule has 2 saturated heterocycles. The van der Waals surface area contributed by atoms with E-state index in [0.29, 0.717) is 29.6 Å². The Labute approximate surface area is 246 Å². The summed E-state index contributed by atoms with van der Waals surface area (Å²) in [7, 11) is 0. The molecule has 234 valence electrons. The van der Waals surface area contributed by atoms with Crippen LogP contribution in [-0.2, 0) is 4.74 Å². The summed E-state index contributed by atoms with van der Waals surface area (Å²) < 4.78 is 51.5. The number of aromatic nitrogens is 3. The van der Waals surface area contributed by atoms with Crippen molar-refractivity contribution in [2.24, 2.45) is 0 Å². The van der Waals surface area contributed by atoms with Gasteiger partial charge in [0, 0.05) is 61.1 Å². The van der Waals surface area contributed by atoms with Gasteiger partial charge in [-0.2, -0.15) is 13.2 Å². The SMILES string of the molecule is C[C@@H](CC(F)(F)F)Nc1ncc2c(OC3CC(C)(C)N(C[C@@H]4CCCO4)C(C)(C)C3)ncc(C3CCC(O)CC3)c2n1. The standard InChI is InChI=1S/C31H46F3N5O3/c1-19(13-31(32,33)34)37-28-36-17-25-26(38-28)24(20-8-10-21(40)11-9-20)16-35-27(25)42-23-14-29(2,3)39(30(4,5)15-23)18-22-7-6-12-41-22/h16-17,19-23,40H,6-15,18H2,1-5H3,(H,36,37,38)/t19-,20?,21?,22-/m0/s1. The number of ether oxygens (including phenoxy) is 2. The molecular formula is C31H46F3N5O3. The molecule has 0 bridgehead atoms. The number of aliphatic hydroxyl groups excluding tert-OH is 1. The van der Waals surface area contributed by atoms with Crippen molar-refractivity contribution in [1.82, 2.24) is 19.9 Å². The Balaban J connectivity index is 1.41. The van der Waals surface area contributed by atoms with Crippen LogP contribution in [0.25, 0.3) is 10.9 Å². The number of nitrogens with zero attached hydrogens (tertiary/aromatic N) is 4. The van der Waals surface area contributed by atoms with E-state index in [1.165, 1.54) is 6.92 Å². The number of alkyl halides is 3. The van der Waals surface area contributed by atoms with Crippen LogP contribution >= 0.6 is 0 Å². The van der Waals surface area contributed by atoms with E-state index in [1.807, 2.05) is 0 Å². The van der Waals surface area contributed by atoms with Crippen molar-refractivity contribution in [3.8, 4) is 5.88 Å². The predicted octanol–water partition coefficient (Wildman–Crippen LogP) is 6.38. The van der Waals surface area contributed by atoms with Crippen LogP contribution in [0.1, 0.15) is 104 Å². The lowest BCUT2D eigenvalue weighted by atomic mass is 9.77. The average molecular weight is 594 g/mol. The predicted molar refractivity (Wildman–Crippen MR) is 156 cm³/mol. The Hall–Kier alpha value is -2.24. The highest BCUT2D eigenvalue weighted by molar-refractivity contribution is 5.86. The van der Waals surface area contributed by atoms with Gasteiger partial charge in [-0.05, 0) is 79.1 Å². The minimum Gasteiger partial charge on any atom is -0.474 e. The number of hydrogen-bond donors (Lipinski definition) is 2. The molecule has 2 atom stereocenters. The van der Waals surface area contributed by atoms with Gasteiger partial charge in [0.05, 0.1) is 29.5 Å². The Kier molecular flexibility index (Phi) is 8.94. The van der Waals surface area contributed by atoms with Gasteiger partial charge < -0.3 is 19.9 Å². The molecule has 1 aliphatic carbocycles. The van der Waals surface area contributed by atoms with Crippen molar-refractivity contribution in [1.29, 1.82) is 0 Å². The van der Waals surface area contributed by atoms with E-state index < -0.39 is 18.6 Å². The molecular weight excluding hydrogens is 547 g/mol. The van der Waals surface area contributed by atoms with E-state index in [9.17, 15) is 18.3 Å². The Morgan fingerprint density at radius 2 is 1.76 bits per heavy atom. The first-order chi connectivity index (χ1) is 19.7. The van der Waals surface area contributed by atoms with Crippen LogP contribution in [-0.4, -0.2) is 79.7 Å². The summed E-state index contributed by atoms with van der Waals surface area (Å²) >= 11 is 0. The lowest BCUT2D eigenvalue weighted by Crippen LogP contribution is -2.64. The molecule has 8 nitrogen and oxygen atoms in total. The van der Waals surface area contributed by atoms with Crippen molar-refractivity contribution < 1.29 is 27.8 Å². The summed E-state index contributed by atoms with van der Waals surface area (Å²) in [5.74, 6) is 0.744. The van der Waals surface area contributed by atoms with E-state index in [4.69, 9.17) is 19.4 Å². The molecule has 2 aromatic heterocycles. The first-order valence-corrected chi connectivity index (χ1v) is 15.4. The molecule has 3 fully saturated rings. The Morgan fingerprint density at radius 1 is 1.07 bits per heavy atom. The van der Waals surface area contributed by atoms with Crippen LogP contribution in [0.2, 0.25) is 0 Å². The number of hydrogen-bond acceptors (Lipinski definition) is 8. The lowest BCUT2D eigenvalue weighted by Gasteiger charge is -2.55. The van der Waals surface area contributed by atoms with Gasteiger partial charge in [0.1, 0.15) is 6.10 Å². The zero-order chi connectivity index (χ0) is 30.3. The summed E-state index contributed by atoms with van der Waals surface area (Å²) in [5.41, 5.74) is 1.32. The smallest absolute Gasteiger partial charge is 0.391 e. The largest absolute Gasteiger partial charge is 0.474 e. The minimum absolute atomic E-state index is 0.0910. The molecule has 4 heterocycles. The zero-order valence-corrected chi connectivity index (χ0v) is 25.5. The molecule has 0 radical (unpaired) electrons. The minimum atomic E-state index is -4.29.